The first-order valence-electron chi connectivity index (χ1n) is 8.04. The minimum absolute atomic E-state index is 0.00870. The predicted molar refractivity (Wildman–Crippen MR) is 101 cm³/mol. The van der Waals surface area contributed by atoms with Gasteiger partial charge in [0, 0.05) is 44.7 Å². The summed E-state index contributed by atoms with van der Waals surface area (Å²) in [6.45, 7) is 2.16. The minimum atomic E-state index is -3.64. The summed E-state index contributed by atoms with van der Waals surface area (Å²) in [5, 5.41) is 2.59. The molecule has 0 spiro atoms. The average Bonchev–Trinajstić information content (AvgIpc) is 2.83. The summed E-state index contributed by atoms with van der Waals surface area (Å²) < 4.78 is 35.8. The number of ether oxygens (including phenoxy) is 2. The van der Waals surface area contributed by atoms with Gasteiger partial charge in [-0.25, -0.2) is 8.42 Å². The van der Waals surface area contributed by atoms with Crippen LogP contribution in [-0.2, 0) is 21.6 Å². The Balaban J connectivity index is 2.55. The van der Waals surface area contributed by atoms with Crippen molar-refractivity contribution in [1.82, 2.24) is 9.78 Å². The van der Waals surface area contributed by atoms with Gasteiger partial charge in [-0.2, -0.15) is 0 Å². The number of aromatic nitrogens is 2. The van der Waals surface area contributed by atoms with E-state index < -0.39 is 21.2 Å². The van der Waals surface area contributed by atoms with Crippen LogP contribution in [-0.4, -0.2) is 50.6 Å². The molecular formula is C17H21ClN2O6S. The van der Waals surface area contributed by atoms with Gasteiger partial charge in [-0.1, -0.05) is 11.6 Å². The van der Waals surface area contributed by atoms with Crippen molar-refractivity contribution in [3.05, 3.63) is 44.3 Å². The van der Waals surface area contributed by atoms with E-state index in [0.29, 0.717) is 18.7 Å². The molecule has 10 heteroatoms. The zero-order chi connectivity index (χ0) is 20.4. The van der Waals surface area contributed by atoms with E-state index in [0.717, 1.165) is 6.26 Å². The molecule has 1 heterocycles. The van der Waals surface area contributed by atoms with Gasteiger partial charge in [-0.05, 0) is 19.1 Å². The number of H-pyrrole nitrogens is 1. The largest absolute Gasteiger partial charge is 0.491 e. The van der Waals surface area contributed by atoms with E-state index in [1.54, 1.807) is 6.92 Å². The summed E-state index contributed by atoms with van der Waals surface area (Å²) >= 11 is 6.33. The smallest absolute Gasteiger partial charge is 0.277 e. The molecule has 0 saturated carbocycles. The van der Waals surface area contributed by atoms with Crippen LogP contribution >= 0.6 is 11.6 Å². The number of aryl methyl sites for hydroxylation is 2. The lowest BCUT2D eigenvalue weighted by Crippen LogP contribution is -2.20. The second kappa shape index (κ2) is 8.28. The summed E-state index contributed by atoms with van der Waals surface area (Å²) in [6, 6.07) is 2.54. The maximum absolute atomic E-state index is 12.9. The van der Waals surface area contributed by atoms with E-state index >= 15 is 0 Å². The van der Waals surface area contributed by atoms with Crippen LogP contribution in [0, 0.1) is 6.92 Å². The fourth-order valence-electron chi connectivity index (χ4n) is 2.61. The van der Waals surface area contributed by atoms with Crippen LogP contribution in [0.15, 0.2) is 21.8 Å². The van der Waals surface area contributed by atoms with Gasteiger partial charge >= 0.3 is 0 Å². The fourth-order valence-corrected chi connectivity index (χ4v) is 3.78. The zero-order valence-electron chi connectivity index (χ0n) is 15.5. The molecule has 2 aromatic rings. The quantitative estimate of drug-likeness (QED) is 0.518. The number of nitrogens with one attached hydrogen (secondary N) is 1. The number of carbonyl (C=O) groups is 1. The van der Waals surface area contributed by atoms with E-state index in [4.69, 9.17) is 21.1 Å². The van der Waals surface area contributed by atoms with Gasteiger partial charge in [0.1, 0.15) is 10.5 Å². The molecule has 0 radical (unpaired) electrons. The molecule has 0 aliphatic carbocycles. The number of benzene rings is 1. The first-order chi connectivity index (χ1) is 12.6. The van der Waals surface area contributed by atoms with Crippen molar-refractivity contribution in [2.24, 2.45) is 7.05 Å². The Morgan fingerprint density at radius 2 is 1.96 bits per heavy atom. The average molecular weight is 417 g/mol. The van der Waals surface area contributed by atoms with Crippen LogP contribution in [0.2, 0.25) is 5.02 Å². The van der Waals surface area contributed by atoms with E-state index in [9.17, 15) is 18.0 Å². The van der Waals surface area contributed by atoms with Crippen molar-refractivity contribution in [2.45, 2.75) is 18.2 Å². The van der Waals surface area contributed by atoms with Gasteiger partial charge in [-0.3, -0.25) is 19.4 Å². The van der Waals surface area contributed by atoms with Crippen LogP contribution in [0.5, 0.6) is 5.75 Å². The highest BCUT2D eigenvalue weighted by Crippen LogP contribution is 2.36. The molecule has 27 heavy (non-hydrogen) atoms. The number of hydrogen-bond donors (Lipinski definition) is 1. The molecule has 0 fully saturated rings. The van der Waals surface area contributed by atoms with Gasteiger partial charge in [0.05, 0.1) is 11.6 Å². The number of aromatic amines is 1. The summed E-state index contributed by atoms with van der Waals surface area (Å²) in [4.78, 5) is 24.9. The first-order valence-corrected chi connectivity index (χ1v) is 10.3. The molecule has 1 N–H and O–H groups in total. The zero-order valence-corrected chi connectivity index (χ0v) is 17.0. The van der Waals surface area contributed by atoms with Crippen molar-refractivity contribution >= 4 is 27.2 Å². The summed E-state index contributed by atoms with van der Waals surface area (Å²) in [5.41, 5.74) is -0.177. The molecule has 0 saturated heterocycles. The number of nitrogens with zero attached hydrogens (tertiary/aromatic N) is 1. The Morgan fingerprint density at radius 1 is 1.30 bits per heavy atom. The normalized spacial score (nSPS) is 11.6. The Morgan fingerprint density at radius 3 is 2.48 bits per heavy atom. The molecule has 1 aromatic heterocycles. The lowest BCUT2D eigenvalue weighted by Gasteiger charge is -2.14. The molecule has 8 nitrogen and oxygen atoms in total. The lowest BCUT2D eigenvalue weighted by atomic mass is 10.0. The van der Waals surface area contributed by atoms with Gasteiger partial charge in [0.25, 0.3) is 5.56 Å². The van der Waals surface area contributed by atoms with Crippen LogP contribution in [0.3, 0.4) is 0 Å². The molecule has 148 valence electrons. The summed E-state index contributed by atoms with van der Waals surface area (Å²) in [5.74, 6) is -0.715. The topological polar surface area (TPSA) is 107 Å². The Labute approximate surface area is 161 Å². The standard InChI is InChI=1S/C17H21ClN2O6S/c1-10-13(17(22)20(2)19-10)15(21)11-6-7-12(27(4,23)24)16(14(11)18)26-9-5-8-25-3/h6-7,19H,5,8-9H2,1-4H3. The van der Waals surface area contributed by atoms with Crippen molar-refractivity contribution in [1.29, 1.82) is 0 Å². The fraction of sp³-hybridized carbons (Fsp3) is 0.412. The predicted octanol–water partition coefficient (Wildman–Crippen LogP) is 1.73. The van der Waals surface area contributed by atoms with Gasteiger partial charge in [-0.15, -0.1) is 0 Å². The van der Waals surface area contributed by atoms with Gasteiger partial charge in [0.15, 0.2) is 15.6 Å². The molecule has 0 aliphatic heterocycles. The third-order valence-electron chi connectivity index (χ3n) is 3.90. The number of halogens is 1. The molecule has 0 unspecified atom stereocenters. The molecule has 0 amide bonds. The van der Waals surface area contributed by atoms with Crippen molar-refractivity contribution in [2.75, 3.05) is 26.6 Å². The highest BCUT2D eigenvalue weighted by Gasteiger charge is 2.26. The number of rotatable bonds is 8. The molecule has 2 rings (SSSR count). The van der Waals surface area contributed by atoms with E-state index in [-0.39, 0.29) is 33.4 Å². The third-order valence-corrected chi connectivity index (χ3v) is 5.40. The monoisotopic (exact) mass is 416 g/mol. The van der Waals surface area contributed by atoms with E-state index in [2.05, 4.69) is 5.10 Å². The van der Waals surface area contributed by atoms with Crippen molar-refractivity contribution in [3.8, 4) is 5.75 Å². The number of methoxy groups -OCH3 is 1. The van der Waals surface area contributed by atoms with E-state index in [1.807, 2.05) is 0 Å². The van der Waals surface area contributed by atoms with Gasteiger partial charge in [0.2, 0.25) is 5.78 Å². The lowest BCUT2D eigenvalue weighted by molar-refractivity contribution is 0.103. The Kier molecular flexibility index (Phi) is 6.50. The summed E-state index contributed by atoms with van der Waals surface area (Å²) in [6.07, 6.45) is 1.53. The molecule has 0 bridgehead atoms. The minimum Gasteiger partial charge on any atom is -0.491 e. The van der Waals surface area contributed by atoms with Crippen molar-refractivity contribution in [3.63, 3.8) is 0 Å². The second-order valence-electron chi connectivity index (χ2n) is 6.03. The third kappa shape index (κ3) is 4.42. The van der Waals surface area contributed by atoms with Crippen LogP contribution in [0.4, 0.5) is 0 Å². The second-order valence-corrected chi connectivity index (χ2v) is 8.39. The number of carbonyl (C=O) groups excluding carboxylic acids is 1. The van der Waals surface area contributed by atoms with E-state index in [1.165, 1.54) is 31.0 Å². The maximum atomic E-state index is 12.9. The number of sulfone groups is 1. The Bertz CT molecular complexity index is 1020. The van der Waals surface area contributed by atoms with Crippen molar-refractivity contribution < 1.29 is 22.7 Å². The SMILES string of the molecule is COCCCOc1c(S(C)(=O)=O)ccc(C(=O)c2c(C)[nH]n(C)c2=O)c1Cl. The molecule has 0 aliphatic rings. The maximum Gasteiger partial charge on any atom is 0.277 e. The number of hydrogen-bond acceptors (Lipinski definition) is 6. The molecule has 0 atom stereocenters. The molecule has 1 aromatic carbocycles. The Hall–Kier alpha value is -2.10. The highest BCUT2D eigenvalue weighted by atomic mass is 35.5. The first kappa shape index (κ1) is 21.2. The van der Waals surface area contributed by atoms with Crippen LogP contribution in [0.1, 0.15) is 28.0 Å². The highest BCUT2D eigenvalue weighted by molar-refractivity contribution is 7.90. The molecular weight excluding hydrogens is 396 g/mol. The van der Waals surface area contributed by atoms with Gasteiger partial charge < -0.3 is 9.47 Å². The van der Waals surface area contributed by atoms with Crippen LogP contribution in [0.25, 0.3) is 0 Å². The van der Waals surface area contributed by atoms with Crippen LogP contribution < -0.4 is 10.3 Å². The number of ketones is 1. The summed E-state index contributed by atoms with van der Waals surface area (Å²) in [7, 11) is -0.615.